The summed E-state index contributed by atoms with van der Waals surface area (Å²) in [6.07, 6.45) is 0.296. The number of aryl methyl sites for hydroxylation is 1. The van der Waals surface area contributed by atoms with Crippen molar-refractivity contribution in [3.63, 3.8) is 0 Å². The van der Waals surface area contributed by atoms with Crippen molar-refractivity contribution in [1.29, 1.82) is 0 Å². The predicted octanol–water partition coefficient (Wildman–Crippen LogP) is -2.84. The van der Waals surface area contributed by atoms with E-state index in [4.69, 9.17) is 5.73 Å². The number of anilines is 1. The molecule has 0 unspecified atom stereocenters. The van der Waals surface area contributed by atoms with E-state index in [1.807, 2.05) is 0 Å². The van der Waals surface area contributed by atoms with Crippen LogP contribution in [0.15, 0.2) is 18.2 Å². The van der Waals surface area contributed by atoms with Crippen LogP contribution in [0, 0.1) is 0 Å². The second-order valence-electron chi connectivity index (χ2n) is 3.35. The van der Waals surface area contributed by atoms with Crippen LogP contribution >= 0.6 is 0 Å². The van der Waals surface area contributed by atoms with Gasteiger partial charge in [0.1, 0.15) is 0 Å². The van der Waals surface area contributed by atoms with Gasteiger partial charge in [0.2, 0.25) is 0 Å². The van der Waals surface area contributed by atoms with E-state index in [1.165, 1.54) is 6.92 Å². The number of carboxylic acids is 1. The minimum Gasteiger partial charge on any atom is -0.550 e. The van der Waals surface area contributed by atoms with Crippen molar-refractivity contribution in [2.75, 3.05) is 5.73 Å². The number of aliphatic carboxylic acids is 1. The van der Waals surface area contributed by atoms with Crippen LogP contribution in [0.25, 0.3) is 0 Å². The number of carbonyl (C=O) groups excluding carboxylic acids is 2. The summed E-state index contributed by atoms with van der Waals surface area (Å²) in [5, 5.41) is 10.3. The number of carboxylic acid groups (broad SMARTS) is 1. The van der Waals surface area contributed by atoms with Gasteiger partial charge < -0.3 is 15.6 Å². The molecule has 1 aromatic carbocycles. The molecule has 80 valence electrons. The molecule has 0 aromatic heterocycles. The van der Waals surface area contributed by atoms with E-state index >= 15 is 0 Å². The van der Waals surface area contributed by atoms with Crippen LogP contribution in [0.3, 0.4) is 0 Å². The summed E-state index contributed by atoms with van der Waals surface area (Å²) in [7, 11) is 0. The average Bonchev–Trinajstić information content (AvgIpc) is 2.16. The topological polar surface area (TPSA) is 83.2 Å². The molecule has 5 heteroatoms. The van der Waals surface area contributed by atoms with E-state index in [0.717, 1.165) is 5.56 Å². The normalized spacial score (nSPS) is 9.31. The number of ketones is 1. The molecule has 0 amide bonds. The Morgan fingerprint density at radius 1 is 1.38 bits per heavy atom. The number of Topliss-reactive ketones (excluding diaryl/α,β-unsaturated/α-hetero) is 1. The Morgan fingerprint density at radius 3 is 2.50 bits per heavy atom. The zero-order chi connectivity index (χ0) is 11.4. The molecule has 0 saturated heterocycles. The van der Waals surface area contributed by atoms with E-state index in [0.29, 0.717) is 17.7 Å². The molecule has 16 heavy (non-hydrogen) atoms. The fourth-order valence-corrected chi connectivity index (χ4v) is 1.31. The van der Waals surface area contributed by atoms with Crippen molar-refractivity contribution in [2.45, 2.75) is 19.8 Å². The van der Waals surface area contributed by atoms with Gasteiger partial charge in [-0.3, -0.25) is 4.79 Å². The van der Waals surface area contributed by atoms with Gasteiger partial charge >= 0.3 is 18.9 Å². The largest absolute Gasteiger partial charge is 1.00 e. The van der Waals surface area contributed by atoms with Crippen molar-refractivity contribution < 1.29 is 33.6 Å². The zero-order valence-corrected chi connectivity index (χ0v) is 9.45. The predicted molar refractivity (Wildman–Crippen MR) is 54.2 cm³/mol. The van der Waals surface area contributed by atoms with Crippen molar-refractivity contribution in [2.24, 2.45) is 0 Å². The zero-order valence-electron chi connectivity index (χ0n) is 9.45. The molecule has 0 fully saturated rings. The summed E-state index contributed by atoms with van der Waals surface area (Å²) in [4.78, 5) is 21.4. The van der Waals surface area contributed by atoms with E-state index in [-0.39, 0.29) is 31.1 Å². The quantitative estimate of drug-likeness (QED) is 0.332. The summed E-state index contributed by atoms with van der Waals surface area (Å²) < 4.78 is 0. The molecule has 0 atom stereocenters. The van der Waals surface area contributed by atoms with Crippen LogP contribution in [-0.4, -0.2) is 11.8 Å². The Labute approximate surface area is 106 Å². The average molecular weight is 213 g/mol. The van der Waals surface area contributed by atoms with Crippen LogP contribution < -0.4 is 29.7 Å². The van der Waals surface area contributed by atoms with E-state index in [2.05, 4.69) is 0 Å². The Balaban J connectivity index is 0.00000225. The van der Waals surface area contributed by atoms with Gasteiger partial charge in [-0.2, -0.15) is 0 Å². The third-order valence-corrected chi connectivity index (χ3v) is 2.11. The van der Waals surface area contributed by atoms with Gasteiger partial charge in [-0.25, -0.2) is 0 Å². The van der Waals surface area contributed by atoms with Crippen LogP contribution in [0.1, 0.15) is 29.3 Å². The molecular formula is C11H12LiNO3. The number of carbonyl (C=O) groups is 2. The summed E-state index contributed by atoms with van der Waals surface area (Å²) in [6.45, 7) is 1.42. The monoisotopic (exact) mass is 213 g/mol. The standard InChI is InChI=1S/C11H13NO3.Li/c1-7(13)9-6-8(2-4-10(9)12)3-5-11(14)15;/h2,4,6H,3,5,12H2,1H3,(H,14,15);/q;+1/p-1. The van der Waals surface area contributed by atoms with Crippen LogP contribution in [0.5, 0.6) is 0 Å². The van der Waals surface area contributed by atoms with Crippen LogP contribution in [-0.2, 0) is 11.2 Å². The first kappa shape index (κ1) is 14.8. The molecule has 0 aliphatic carbocycles. The van der Waals surface area contributed by atoms with Gasteiger partial charge in [0, 0.05) is 17.2 Å². The third-order valence-electron chi connectivity index (χ3n) is 2.11. The van der Waals surface area contributed by atoms with Crippen molar-refractivity contribution >= 4 is 17.4 Å². The van der Waals surface area contributed by atoms with Crippen molar-refractivity contribution in [3.8, 4) is 0 Å². The number of nitrogens with two attached hydrogens (primary N) is 1. The van der Waals surface area contributed by atoms with E-state index < -0.39 is 5.97 Å². The van der Waals surface area contributed by atoms with Gasteiger partial charge in [0.05, 0.1) is 0 Å². The van der Waals surface area contributed by atoms with E-state index in [1.54, 1.807) is 18.2 Å². The number of hydrogen-bond acceptors (Lipinski definition) is 4. The first-order valence-electron chi connectivity index (χ1n) is 4.60. The molecule has 4 nitrogen and oxygen atoms in total. The molecule has 1 aromatic rings. The minimum atomic E-state index is -1.10. The van der Waals surface area contributed by atoms with Crippen molar-refractivity contribution in [3.05, 3.63) is 29.3 Å². The molecule has 0 aliphatic heterocycles. The van der Waals surface area contributed by atoms with Gasteiger partial charge in [-0.15, -0.1) is 0 Å². The van der Waals surface area contributed by atoms with Gasteiger partial charge in [0.15, 0.2) is 5.78 Å². The number of nitrogen functional groups attached to an aromatic ring is 1. The third kappa shape index (κ3) is 4.09. The molecule has 0 aliphatic rings. The minimum absolute atomic E-state index is 0. The smallest absolute Gasteiger partial charge is 0.550 e. The molecule has 0 saturated carbocycles. The molecule has 0 spiro atoms. The Kier molecular flexibility index (Phi) is 5.87. The molecule has 2 N–H and O–H groups in total. The van der Waals surface area contributed by atoms with Gasteiger partial charge in [-0.05, 0) is 37.5 Å². The summed E-state index contributed by atoms with van der Waals surface area (Å²) in [6, 6.07) is 4.95. The number of hydrogen-bond donors (Lipinski definition) is 1. The van der Waals surface area contributed by atoms with Gasteiger partial charge in [-0.1, -0.05) is 6.07 Å². The molecule has 1 rings (SSSR count). The molecular weight excluding hydrogens is 201 g/mol. The van der Waals surface area contributed by atoms with Crippen LogP contribution in [0.2, 0.25) is 0 Å². The summed E-state index contributed by atoms with van der Waals surface area (Å²) in [5.41, 5.74) is 7.23. The first-order valence-corrected chi connectivity index (χ1v) is 4.60. The molecule has 0 radical (unpaired) electrons. The molecule has 0 heterocycles. The Morgan fingerprint density at radius 2 is 2.00 bits per heavy atom. The fraction of sp³-hybridized carbons (Fsp3) is 0.273. The Hall–Kier alpha value is -1.24. The maximum Gasteiger partial charge on any atom is 1.00 e. The van der Waals surface area contributed by atoms with E-state index in [9.17, 15) is 14.7 Å². The fourth-order valence-electron chi connectivity index (χ4n) is 1.31. The second kappa shape index (κ2) is 6.36. The van der Waals surface area contributed by atoms with Crippen molar-refractivity contribution in [1.82, 2.24) is 0 Å². The summed E-state index contributed by atoms with van der Waals surface area (Å²) >= 11 is 0. The Bertz CT molecular complexity index is 404. The second-order valence-corrected chi connectivity index (χ2v) is 3.35. The first-order chi connectivity index (χ1) is 7.00. The number of benzene rings is 1. The van der Waals surface area contributed by atoms with Crippen LogP contribution in [0.4, 0.5) is 5.69 Å². The maximum absolute atomic E-state index is 11.1. The SMILES string of the molecule is CC(=O)c1cc(CCC(=O)[O-])ccc1N.[Li+]. The number of rotatable bonds is 4. The van der Waals surface area contributed by atoms with Gasteiger partial charge in [0.25, 0.3) is 0 Å². The molecule has 0 bridgehead atoms. The maximum atomic E-state index is 11.1. The summed E-state index contributed by atoms with van der Waals surface area (Å²) in [5.74, 6) is -1.22.